The second kappa shape index (κ2) is 8.76. The van der Waals surface area contributed by atoms with E-state index in [0.717, 1.165) is 54.9 Å². The van der Waals surface area contributed by atoms with E-state index >= 15 is 0 Å². The molecule has 1 fully saturated rings. The molecule has 0 saturated carbocycles. The molecule has 0 radical (unpaired) electrons. The highest BCUT2D eigenvalue weighted by molar-refractivity contribution is 7.09. The van der Waals surface area contributed by atoms with Gasteiger partial charge in [0.25, 0.3) is 0 Å². The second-order valence-corrected chi connectivity index (χ2v) is 7.27. The molecule has 24 heavy (non-hydrogen) atoms. The fourth-order valence-electron chi connectivity index (χ4n) is 2.87. The van der Waals surface area contributed by atoms with Crippen LogP contribution in [0.4, 0.5) is 5.13 Å². The van der Waals surface area contributed by atoms with Gasteiger partial charge in [-0.3, -0.25) is 4.90 Å². The van der Waals surface area contributed by atoms with Crippen molar-refractivity contribution >= 4 is 28.3 Å². The molecule has 5 nitrogen and oxygen atoms in total. The van der Waals surface area contributed by atoms with E-state index in [0.29, 0.717) is 12.6 Å². The summed E-state index contributed by atoms with van der Waals surface area (Å²) in [5.41, 5.74) is 1.32. The van der Waals surface area contributed by atoms with Crippen LogP contribution < -0.4 is 5.32 Å². The van der Waals surface area contributed by atoms with Crippen LogP contribution in [0.2, 0.25) is 5.02 Å². The molecule has 1 aliphatic rings. The van der Waals surface area contributed by atoms with Gasteiger partial charge in [0.05, 0.1) is 6.61 Å². The maximum Gasteiger partial charge on any atom is 0.202 e. The van der Waals surface area contributed by atoms with E-state index in [1.165, 1.54) is 17.1 Å². The third kappa shape index (κ3) is 5.14. The van der Waals surface area contributed by atoms with E-state index in [1.54, 1.807) is 7.11 Å². The molecule has 0 unspecified atom stereocenters. The molecule has 1 aliphatic heterocycles. The lowest BCUT2D eigenvalue weighted by molar-refractivity contribution is 0.201. The number of hydrogen-bond donors (Lipinski definition) is 1. The molecular weight excluding hydrogens is 344 g/mol. The normalized spacial score (nSPS) is 16.4. The molecular formula is C17H23ClN4OS. The van der Waals surface area contributed by atoms with Crippen LogP contribution in [0.5, 0.6) is 0 Å². The first kappa shape index (κ1) is 17.6. The summed E-state index contributed by atoms with van der Waals surface area (Å²) in [5.74, 6) is 0.865. The molecule has 0 aliphatic carbocycles. The first-order valence-corrected chi connectivity index (χ1v) is 9.43. The van der Waals surface area contributed by atoms with Gasteiger partial charge >= 0.3 is 0 Å². The van der Waals surface area contributed by atoms with Crippen LogP contribution in [-0.2, 0) is 17.7 Å². The molecule has 7 heteroatoms. The van der Waals surface area contributed by atoms with Crippen molar-refractivity contribution in [2.45, 2.75) is 31.8 Å². The van der Waals surface area contributed by atoms with E-state index in [2.05, 4.69) is 31.7 Å². The summed E-state index contributed by atoms with van der Waals surface area (Å²) in [4.78, 5) is 7.02. The first-order valence-electron chi connectivity index (χ1n) is 8.28. The van der Waals surface area contributed by atoms with Crippen molar-refractivity contribution in [3.63, 3.8) is 0 Å². The van der Waals surface area contributed by atoms with Gasteiger partial charge in [-0.25, -0.2) is 4.98 Å². The van der Waals surface area contributed by atoms with E-state index in [-0.39, 0.29) is 0 Å². The molecule has 2 heterocycles. The third-order valence-corrected chi connectivity index (χ3v) is 5.17. The topological polar surface area (TPSA) is 50.3 Å². The zero-order valence-electron chi connectivity index (χ0n) is 13.9. The van der Waals surface area contributed by atoms with E-state index in [9.17, 15) is 0 Å². The van der Waals surface area contributed by atoms with Crippen LogP contribution in [0.25, 0.3) is 0 Å². The highest BCUT2D eigenvalue weighted by Crippen LogP contribution is 2.20. The average Bonchev–Trinajstić information content (AvgIpc) is 3.04. The number of halogens is 1. The quantitative estimate of drug-likeness (QED) is 0.813. The largest absolute Gasteiger partial charge is 0.384 e. The molecule has 0 atom stereocenters. The van der Waals surface area contributed by atoms with Gasteiger partial charge in [0, 0.05) is 55.8 Å². The maximum atomic E-state index is 5.94. The molecule has 0 spiro atoms. The van der Waals surface area contributed by atoms with Crippen molar-refractivity contribution < 1.29 is 4.74 Å². The molecule has 1 N–H and O–H groups in total. The highest BCUT2D eigenvalue weighted by atomic mass is 35.5. The molecule has 130 valence electrons. The summed E-state index contributed by atoms with van der Waals surface area (Å²) in [6, 6.07) is 8.61. The second-order valence-electron chi connectivity index (χ2n) is 6.08. The molecule has 1 aromatic heterocycles. The lowest BCUT2D eigenvalue weighted by Gasteiger charge is -2.32. The number of rotatable bonds is 7. The van der Waals surface area contributed by atoms with Gasteiger partial charge in [0.15, 0.2) is 0 Å². The SMILES string of the molecule is COCCc1nsc(NC2CCN(Cc3ccc(Cl)cc3)CC2)n1. The number of piperidine rings is 1. The summed E-state index contributed by atoms with van der Waals surface area (Å²) in [7, 11) is 1.70. The lowest BCUT2D eigenvalue weighted by atomic mass is 10.0. The Morgan fingerprint density at radius 2 is 2.04 bits per heavy atom. The molecule has 2 aromatic rings. The number of anilines is 1. The van der Waals surface area contributed by atoms with E-state index < -0.39 is 0 Å². The first-order chi connectivity index (χ1) is 11.7. The number of nitrogens with zero attached hydrogens (tertiary/aromatic N) is 3. The number of benzene rings is 1. The van der Waals surface area contributed by atoms with Crippen LogP contribution in [-0.4, -0.2) is 47.1 Å². The summed E-state index contributed by atoms with van der Waals surface area (Å²) in [6.07, 6.45) is 3.02. The smallest absolute Gasteiger partial charge is 0.202 e. The van der Waals surface area contributed by atoms with E-state index in [4.69, 9.17) is 16.3 Å². The Kier molecular flexibility index (Phi) is 6.43. The number of aromatic nitrogens is 2. The van der Waals surface area contributed by atoms with Gasteiger partial charge in [-0.15, -0.1) is 0 Å². The average molecular weight is 367 g/mol. The summed E-state index contributed by atoms with van der Waals surface area (Å²) in [5, 5.41) is 5.25. The van der Waals surface area contributed by atoms with Crippen LogP contribution in [0.15, 0.2) is 24.3 Å². The Hall–Kier alpha value is -1.21. The van der Waals surface area contributed by atoms with Gasteiger partial charge in [0.2, 0.25) is 5.13 Å². The Balaban J connectivity index is 1.43. The van der Waals surface area contributed by atoms with E-state index in [1.807, 2.05) is 12.1 Å². The van der Waals surface area contributed by atoms with Gasteiger partial charge < -0.3 is 10.1 Å². The minimum Gasteiger partial charge on any atom is -0.384 e. The predicted octanol–water partition coefficient (Wildman–Crippen LogP) is 3.46. The minimum atomic E-state index is 0.481. The lowest BCUT2D eigenvalue weighted by Crippen LogP contribution is -2.38. The van der Waals surface area contributed by atoms with Gasteiger partial charge in [-0.1, -0.05) is 23.7 Å². The third-order valence-electron chi connectivity index (χ3n) is 4.23. The number of hydrogen-bond acceptors (Lipinski definition) is 6. The van der Waals surface area contributed by atoms with Crippen molar-refractivity contribution in [3.8, 4) is 0 Å². The molecule has 1 aromatic carbocycles. The predicted molar refractivity (Wildman–Crippen MR) is 98.9 cm³/mol. The Morgan fingerprint density at radius 1 is 1.29 bits per heavy atom. The van der Waals surface area contributed by atoms with Crippen LogP contribution in [0.1, 0.15) is 24.2 Å². The molecule has 0 bridgehead atoms. The Labute approximate surface area is 152 Å². The van der Waals surface area contributed by atoms with Crippen molar-refractivity contribution in [2.75, 3.05) is 32.1 Å². The molecule has 1 saturated heterocycles. The van der Waals surface area contributed by atoms with Crippen molar-refractivity contribution in [2.24, 2.45) is 0 Å². The fourth-order valence-corrected chi connectivity index (χ4v) is 3.68. The van der Waals surface area contributed by atoms with Crippen LogP contribution in [0, 0.1) is 0 Å². The molecule has 3 rings (SSSR count). The monoisotopic (exact) mass is 366 g/mol. The van der Waals surface area contributed by atoms with Gasteiger partial charge in [0.1, 0.15) is 5.82 Å². The molecule has 0 amide bonds. The fraction of sp³-hybridized carbons (Fsp3) is 0.529. The standard InChI is InChI=1S/C17H23ClN4OS/c1-23-11-8-16-20-17(24-21-16)19-15-6-9-22(10-7-15)12-13-2-4-14(18)5-3-13/h2-5,15H,6-12H2,1H3,(H,19,20,21). The summed E-state index contributed by atoms with van der Waals surface area (Å²) in [6.45, 7) is 3.84. The van der Waals surface area contributed by atoms with Gasteiger partial charge in [-0.2, -0.15) is 4.37 Å². The zero-order chi connectivity index (χ0) is 16.8. The van der Waals surface area contributed by atoms with Crippen LogP contribution >= 0.6 is 23.1 Å². The number of ether oxygens (including phenoxy) is 1. The van der Waals surface area contributed by atoms with Gasteiger partial charge in [-0.05, 0) is 30.5 Å². The number of nitrogens with one attached hydrogen (secondary N) is 1. The van der Waals surface area contributed by atoms with Crippen molar-refractivity contribution in [1.29, 1.82) is 0 Å². The van der Waals surface area contributed by atoms with Crippen molar-refractivity contribution in [3.05, 3.63) is 40.7 Å². The van der Waals surface area contributed by atoms with Crippen LogP contribution in [0.3, 0.4) is 0 Å². The number of likely N-dealkylation sites (tertiary alicyclic amines) is 1. The summed E-state index contributed by atoms with van der Waals surface area (Å²) >= 11 is 7.39. The maximum absolute atomic E-state index is 5.94. The number of methoxy groups -OCH3 is 1. The minimum absolute atomic E-state index is 0.481. The Bertz CT molecular complexity index is 626. The highest BCUT2D eigenvalue weighted by Gasteiger charge is 2.20. The van der Waals surface area contributed by atoms with Crippen molar-refractivity contribution in [1.82, 2.24) is 14.3 Å². The Morgan fingerprint density at radius 3 is 2.75 bits per heavy atom. The zero-order valence-corrected chi connectivity index (χ0v) is 15.4. The summed E-state index contributed by atoms with van der Waals surface area (Å²) < 4.78 is 9.43.